The highest BCUT2D eigenvalue weighted by Gasteiger charge is 2.13. The SMILES string of the molecule is C=CCNc1ccc(C=O)cc1[N+](=O)[O-]. The number of benzene rings is 1. The van der Waals surface area contributed by atoms with Crippen molar-refractivity contribution in [3.05, 3.63) is 46.5 Å². The third-order valence-electron chi connectivity index (χ3n) is 1.79. The molecule has 0 fully saturated rings. The Labute approximate surface area is 86.6 Å². The van der Waals surface area contributed by atoms with Crippen molar-refractivity contribution in [1.29, 1.82) is 0 Å². The highest BCUT2D eigenvalue weighted by atomic mass is 16.6. The molecule has 15 heavy (non-hydrogen) atoms. The number of nitro groups is 1. The second-order valence-corrected chi connectivity index (χ2v) is 2.82. The van der Waals surface area contributed by atoms with E-state index in [0.717, 1.165) is 0 Å². The van der Waals surface area contributed by atoms with Crippen LogP contribution in [-0.2, 0) is 0 Å². The molecule has 78 valence electrons. The summed E-state index contributed by atoms with van der Waals surface area (Å²) in [6.07, 6.45) is 2.17. The second-order valence-electron chi connectivity index (χ2n) is 2.82. The number of rotatable bonds is 5. The summed E-state index contributed by atoms with van der Waals surface area (Å²) in [5, 5.41) is 13.5. The number of hydrogen-bond donors (Lipinski definition) is 1. The Balaban J connectivity index is 3.08. The van der Waals surface area contributed by atoms with Crippen molar-refractivity contribution in [2.45, 2.75) is 0 Å². The van der Waals surface area contributed by atoms with E-state index in [-0.39, 0.29) is 11.3 Å². The smallest absolute Gasteiger partial charge is 0.293 e. The molecule has 0 spiro atoms. The maximum absolute atomic E-state index is 10.7. The number of anilines is 1. The van der Waals surface area contributed by atoms with Crippen LogP contribution in [0.1, 0.15) is 10.4 Å². The van der Waals surface area contributed by atoms with Crippen molar-refractivity contribution in [2.24, 2.45) is 0 Å². The number of nitrogens with zero attached hydrogens (tertiary/aromatic N) is 1. The lowest BCUT2D eigenvalue weighted by atomic mass is 10.2. The number of carbonyl (C=O) groups excluding carboxylic acids is 1. The van der Waals surface area contributed by atoms with Gasteiger partial charge in [0.1, 0.15) is 12.0 Å². The zero-order valence-corrected chi connectivity index (χ0v) is 7.97. The fourth-order valence-electron chi connectivity index (χ4n) is 1.10. The van der Waals surface area contributed by atoms with Crippen LogP contribution in [0.15, 0.2) is 30.9 Å². The van der Waals surface area contributed by atoms with Gasteiger partial charge in [0.2, 0.25) is 0 Å². The van der Waals surface area contributed by atoms with Gasteiger partial charge in [0.25, 0.3) is 5.69 Å². The third kappa shape index (κ3) is 2.63. The molecule has 1 N–H and O–H groups in total. The molecule has 0 atom stereocenters. The van der Waals surface area contributed by atoms with Crippen molar-refractivity contribution in [3.63, 3.8) is 0 Å². The molecule has 0 aliphatic heterocycles. The van der Waals surface area contributed by atoms with E-state index in [1.165, 1.54) is 18.2 Å². The van der Waals surface area contributed by atoms with E-state index in [4.69, 9.17) is 0 Å². The predicted octanol–water partition coefficient (Wildman–Crippen LogP) is 2.01. The molecule has 5 nitrogen and oxygen atoms in total. The first kappa shape index (κ1) is 10.9. The Kier molecular flexibility index (Phi) is 3.56. The summed E-state index contributed by atoms with van der Waals surface area (Å²) in [7, 11) is 0. The van der Waals surface area contributed by atoms with Crippen LogP contribution in [-0.4, -0.2) is 17.8 Å². The highest BCUT2D eigenvalue weighted by molar-refractivity contribution is 5.79. The molecule has 0 saturated carbocycles. The summed E-state index contributed by atoms with van der Waals surface area (Å²) in [6.45, 7) is 3.93. The van der Waals surface area contributed by atoms with E-state index in [2.05, 4.69) is 11.9 Å². The van der Waals surface area contributed by atoms with Crippen molar-refractivity contribution in [2.75, 3.05) is 11.9 Å². The summed E-state index contributed by atoms with van der Waals surface area (Å²) in [6, 6.07) is 4.26. The van der Waals surface area contributed by atoms with Crippen molar-refractivity contribution >= 4 is 17.7 Å². The van der Waals surface area contributed by atoms with Gasteiger partial charge in [-0.3, -0.25) is 14.9 Å². The summed E-state index contributed by atoms with van der Waals surface area (Å²) < 4.78 is 0. The fourth-order valence-corrected chi connectivity index (χ4v) is 1.10. The van der Waals surface area contributed by atoms with Gasteiger partial charge >= 0.3 is 0 Å². The Morgan fingerprint density at radius 1 is 1.53 bits per heavy atom. The molecule has 1 aromatic rings. The van der Waals surface area contributed by atoms with Crippen LogP contribution in [0.4, 0.5) is 11.4 Å². The molecule has 0 radical (unpaired) electrons. The topological polar surface area (TPSA) is 72.2 Å². The molecule has 0 heterocycles. The second kappa shape index (κ2) is 4.90. The monoisotopic (exact) mass is 206 g/mol. The number of nitro benzene ring substituents is 1. The molecule has 0 unspecified atom stereocenters. The van der Waals surface area contributed by atoms with Crippen LogP contribution in [0.2, 0.25) is 0 Å². The number of aldehydes is 1. The first-order valence-electron chi connectivity index (χ1n) is 4.27. The zero-order chi connectivity index (χ0) is 11.3. The van der Waals surface area contributed by atoms with E-state index in [0.29, 0.717) is 18.5 Å². The summed E-state index contributed by atoms with van der Waals surface area (Å²) in [5.74, 6) is 0. The molecular formula is C10H10N2O3. The third-order valence-corrected chi connectivity index (χ3v) is 1.79. The summed E-state index contributed by atoms with van der Waals surface area (Å²) in [5.41, 5.74) is 0.554. The molecule has 1 aromatic carbocycles. The molecular weight excluding hydrogens is 196 g/mol. The first-order valence-corrected chi connectivity index (χ1v) is 4.27. The minimum atomic E-state index is -0.529. The minimum Gasteiger partial charge on any atom is -0.376 e. The Morgan fingerprint density at radius 2 is 2.27 bits per heavy atom. The average molecular weight is 206 g/mol. The lowest BCUT2D eigenvalue weighted by Gasteiger charge is -2.04. The summed E-state index contributed by atoms with van der Waals surface area (Å²) >= 11 is 0. The van der Waals surface area contributed by atoms with Gasteiger partial charge in [-0.2, -0.15) is 0 Å². The molecule has 0 aliphatic carbocycles. The zero-order valence-electron chi connectivity index (χ0n) is 7.97. The largest absolute Gasteiger partial charge is 0.376 e. The van der Waals surface area contributed by atoms with E-state index in [1.807, 2.05) is 0 Å². The quantitative estimate of drug-likeness (QED) is 0.346. The minimum absolute atomic E-state index is 0.110. The average Bonchev–Trinajstić information content (AvgIpc) is 2.26. The van der Waals surface area contributed by atoms with Gasteiger partial charge < -0.3 is 5.32 Å². The number of nitrogens with one attached hydrogen (secondary N) is 1. The van der Waals surface area contributed by atoms with Gasteiger partial charge in [0.15, 0.2) is 0 Å². The molecule has 0 aromatic heterocycles. The van der Waals surface area contributed by atoms with Gasteiger partial charge in [0.05, 0.1) is 4.92 Å². The molecule has 5 heteroatoms. The Bertz CT molecular complexity index is 402. The van der Waals surface area contributed by atoms with E-state index >= 15 is 0 Å². The standard InChI is InChI=1S/C10H10N2O3/c1-2-5-11-9-4-3-8(7-13)6-10(9)12(14)15/h2-4,6-7,11H,1,5H2. The molecule has 0 aliphatic rings. The van der Waals surface area contributed by atoms with Crippen molar-refractivity contribution < 1.29 is 9.72 Å². The lowest BCUT2D eigenvalue weighted by Crippen LogP contribution is -2.02. The van der Waals surface area contributed by atoms with Crippen LogP contribution in [0.25, 0.3) is 0 Å². The maximum atomic E-state index is 10.7. The normalized spacial score (nSPS) is 9.33. The molecule has 0 bridgehead atoms. The molecule has 0 amide bonds. The number of hydrogen-bond acceptors (Lipinski definition) is 4. The summed E-state index contributed by atoms with van der Waals surface area (Å²) in [4.78, 5) is 20.6. The predicted molar refractivity (Wildman–Crippen MR) is 57.2 cm³/mol. The van der Waals surface area contributed by atoms with Crippen molar-refractivity contribution in [1.82, 2.24) is 0 Å². The van der Waals surface area contributed by atoms with Gasteiger partial charge in [-0.1, -0.05) is 6.08 Å². The van der Waals surface area contributed by atoms with Gasteiger partial charge in [0, 0.05) is 18.2 Å². The first-order chi connectivity index (χ1) is 7.19. The number of carbonyl (C=O) groups is 1. The van der Waals surface area contributed by atoms with Crippen molar-refractivity contribution in [3.8, 4) is 0 Å². The van der Waals surface area contributed by atoms with Crippen LogP contribution < -0.4 is 5.32 Å². The Morgan fingerprint density at radius 3 is 2.80 bits per heavy atom. The molecule has 0 saturated heterocycles. The van der Waals surface area contributed by atoms with Gasteiger partial charge in [-0.15, -0.1) is 6.58 Å². The van der Waals surface area contributed by atoms with E-state index < -0.39 is 4.92 Å². The van der Waals surface area contributed by atoms with E-state index in [1.54, 1.807) is 6.08 Å². The fraction of sp³-hybridized carbons (Fsp3) is 0.100. The van der Waals surface area contributed by atoms with Crippen LogP contribution in [0, 0.1) is 10.1 Å². The van der Waals surface area contributed by atoms with Crippen LogP contribution >= 0.6 is 0 Å². The van der Waals surface area contributed by atoms with E-state index in [9.17, 15) is 14.9 Å². The van der Waals surface area contributed by atoms with Crippen LogP contribution in [0.5, 0.6) is 0 Å². The molecule has 1 rings (SSSR count). The Hall–Kier alpha value is -2.17. The van der Waals surface area contributed by atoms with Gasteiger partial charge in [-0.25, -0.2) is 0 Å². The van der Waals surface area contributed by atoms with Crippen LogP contribution in [0.3, 0.4) is 0 Å². The lowest BCUT2D eigenvalue weighted by molar-refractivity contribution is -0.384. The highest BCUT2D eigenvalue weighted by Crippen LogP contribution is 2.24. The maximum Gasteiger partial charge on any atom is 0.293 e. The van der Waals surface area contributed by atoms with Gasteiger partial charge in [-0.05, 0) is 12.1 Å².